The zero-order valence-electron chi connectivity index (χ0n) is 17.6. The molecule has 0 radical (unpaired) electrons. The van der Waals surface area contributed by atoms with Crippen LogP contribution in [-0.4, -0.2) is 41.4 Å². The van der Waals surface area contributed by atoms with Crippen molar-refractivity contribution in [3.05, 3.63) is 28.3 Å². The summed E-state index contributed by atoms with van der Waals surface area (Å²) in [5.41, 5.74) is -0.0116. The highest BCUT2D eigenvalue weighted by atomic mass is 32.1. The lowest BCUT2D eigenvalue weighted by Crippen LogP contribution is -2.63. The second-order valence-corrected chi connectivity index (χ2v) is 9.48. The molecule has 0 aromatic carbocycles. The molecule has 0 saturated carbocycles. The van der Waals surface area contributed by atoms with E-state index in [1.54, 1.807) is 31.7 Å². The normalized spacial score (nSPS) is 17.2. The molecule has 1 fully saturated rings. The van der Waals surface area contributed by atoms with Gasteiger partial charge in [-0.3, -0.25) is 14.9 Å². The van der Waals surface area contributed by atoms with E-state index in [1.807, 2.05) is 13.0 Å². The van der Waals surface area contributed by atoms with E-state index in [0.717, 1.165) is 4.88 Å². The summed E-state index contributed by atoms with van der Waals surface area (Å²) in [6.45, 7) is 14.1. The number of anilines is 1. The van der Waals surface area contributed by atoms with Gasteiger partial charge in [-0.2, -0.15) is 0 Å². The molecule has 0 bridgehead atoms. The van der Waals surface area contributed by atoms with Gasteiger partial charge < -0.3 is 15.5 Å². The molecule has 28 heavy (non-hydrogen) atoms. The number of urea groups is 1. The number of rotatable bonds is 3. The lowest BCUT2D eigenvalue weighted by atomic mass is 9.93. The maximum Gasteiger partial charge on any atom is 0.324 e. The Morgan fingerprint density at radius 3 is 2.54 bits per heavy atom. The van der Waals surface area contributed by atoms with E-state index in [9.17, 15) is 14.4 Å². The summed E-state index contributed by atoms with van der Waals surface area (Å²) in [6.07, 6.45) is 1.79. The number of nitrogens with zero attached hydrogens (tertiary/aromatic N) is 1. The molecule has 1 aromatic heterocycles. The molecule has 7 nitrogen and oxygen atoms in total. The van der Waals surface area contributed by atoms with Crippen LogP contribution in [0.4, 0.5) is 9.80 Å². The molecule has 1 aliphatic rings. The molecule has 154 valence electrons. The van der Waals surface area contributed by atoms with Crippen molar-refractivity contribution in [3.8, 4) is 0 Å². The van der Waals surface area contributed by atoms with Crippen LogP contribution in [0, 0.1) is 0 Å². The first kappa shape index (κ1) is 21.9. The van der Waals surface area contributed by atoms with Crippen LogP contribution in [0.2, 0.25) is 0 Å². The first-order valence-corrected chi connectivity index (χ1v) is 10.1. The van der Waals surface area contributed by atoms with E-state index in [0.29, 0.717) is 29.4 Å². The Morgan fingerprint density at radius 2 is 1.96 bits per heavy atom. The van der Waals surface area contributed by atoms with Crippen molar-refractivity contribution >= 4 is 34.2 Å². The number of carbonyl (C=O) groups is 3. The first-order chi connectivity index (χ1) is 12.9. The largest absolute Gasteiger partial charge is 0.352 e. The predicted molar refractivity (Wildman–Crippen MR) is 113 cm³/mol. The second-order valence-electron chi connectivity index (χ2n) is 8.43. The third kappa shape index (κ3) is 4.55. The third-order valence-corrected chi connectivity index (χ3v) is 6.25. The summed E-state index contributed by atoms with van der Waals surface area (Å²) in [7, 11) is 0. The minimum absolute atomic E-state index is 0.176. The Labute approximate surface area is 170 Å². The summed E-state index contributed by atoms with van der Waals surface area (Å²) in [6, 6.07) is 1.43. The highest BCUT2D eigenvalue weighted by molar-refractivity contribution is 7.16. The van der Waals surface area contributed by atoms with Crippen LogP contribution >= 0.6 is 11.3 Å². The van der Waals surface area contributed by atoms with E-state index < -0.39 is 11.6 Å². The highest BCUT2D eigenvalue weighted by Gasteiger charge is 2.42. The maximum absolute atomic E-state index is 13.4. The maximum atomic E-state index is 13.4. The van der Waals surface area contributed by atoms with Crippen molar-refractivity contribution in [1.29, 1.82) is 0 Å². The number of thiophene rings is 1. The van der Waals surface area contributed by atoms with Gasteiger partial charge in [0.1, 0.15) is 10.5 Å². The SMILES string of the molecule is CC=C(C)NC(=O)Nc1sc(C(C)(C)C)cc1C(=O)N1CCNC(=O)C1(C)C. The monoisotopic (exact) mass is 406 g/mol. The number of nitrogens with one attached hydrogen (secondary N) is 3. The van der Waals surface area contributed by atoms with Crippen LogP contribution in [0.15, 0.2) is 17.8 Å². The third-order valence-electron chi connectivity index (χ3n) is 4.77. The van der Waals surface area contributed by atoms with Crippen LogP contribution in [0.5, 0.6) is 0 Å². The van der Waals surface area contributed by atoms with E-state index >= 15 is 0 Å². The minimum Gasteiger partial charge on any atom is -0.352 e. The van der Waals surface area contributed by atoms with Crippen molar-refractivity contribution in [3.63, 3.8) is 0 Å². The standard InChI is InChI=1S/C20H30N4O3S/c1-8-12(2)22-18(27)23-15-13(11-14(28-15)19(3,4)5)16(25)24-10-9-21-17(26)20(24,6)7/h8,11H,9-10H2,1-7H3,(H,21,26)(H2,22,23,27). The fourth-order valence-corrected chi connectivity index (χ4v) is 3.90. The van der Waals surface area contributed by atoms with Gasteiger partial charge in [-0.15, -0.1) is 11.3 Å². The molecule has 4 amide bonds. The molecule has 0 aliphatic carbocycles. The van der Waals surface area contributed by atoms with Crippen molar-refractivity contribution in [2.75, 3.05) is 18.4 Å². The Balaban J connectivity index is 2.41. The molecule has 1 aliphatic heterocycles. The van der Waals surface area contributed by atoms with Crippen molar-refractivity contribution in [2.45, 2.75) is 59.4 Å². The van der Waals surface area contributed by atoms with Crippen LogP contribution in [0.1, 0.15) is 63.7 Å². The quantitative estimate of drug-likeness (QED) is 0.718. The van der Waals surface area contributed by atoms with E-state index in [1.165, 1.54) is 11.3 Å². The van der Waals surface area contributed by atoms with Gasteiger partial charge in [0, 0.05) is 23.7 Å². The number of hydrogen-bond acceptors (Lipinski definition) is 4. The number of allylic oxidation sites excluding steroid dienone is 2. The van der Waals surface area contributed by atoms with Gasteiger partial charge in [0.05, 0.1) is 5.56 Å². The molecule has 0 atom stereocenters. The average Bonchev–Trinajstić information content (AvgIpc) is 3.00. The van der Waals surface area contributed by atoms with Crippen LogP contribution < -0.4 is 16.0 Å². The Kier molecular flexibility index (Phi) is 6.23. The van der Waals surface area contributed by atoms with E-state index in [-0.39, 0.29) is 17.2 Å². The predicted octanol–water partition coefficient (Wildman–Crippen LogP) is 3.44. The van der Waals surface area contributed by atoms with Gasteiger partial charge in [0.25, 0.3) is 5.91 Å². The zero-order chi connectivity index (χ0) is 21.3. The van der Waals surface area contributed by atoms with Gasteiger partial charge in [0.15, 0.2) is 0 Å². The van der Waals surface area contributed by atoms with Gasteiger partial charge in [-0.25, -0.2) is 4.79 Å². The molecule has 0 unspecified atom stereocenters. The highest BCUT2D eigenvalue weighted by Crippen LogP contribution is 2.37. The van der Waals surface area contributed by atoms with Crippen molar-refractivity contribution in [1.82, 2.24) is 15.5 Å². The number of hydrogen-bond donors (Lipinski definition) is 3. The van der Waals surface area contributed by atoms with Gasteiger partial charge in [-0.1, -0.05) is 26.8 Å². The molecule has 2 heterocycles. The summed E-state index contributed by atoms with van der Waals surface area (Å²) < 4.78 is 0. The molecule has 1 saturated heterocycles. The van der Waals surface area contributed by atoms with E-state index in [2.05, 4.69) is 36.7 Å². The van der Waals surface area contributed by atoms with Crippen molar-refractivity contribution in [2.24, 2.45) is 0 Å². The van der Waals surface area contributed by atoms with Gasteiger partial charge in [0.2, 0.25) is 5.91 Å². The summed E-state index contributed by atoms with van der Waals surface area (Å²) in [4.78, 5) is 40.5. The Bertz CT molecular complexity index is 818. The lowest BCUT2D eigenvalue weighted by Gasteiger charge is -2.41. The molecule has 2 rings (SSSR count). The first-order valence-electron chi connectivity index (χ1n) is 9.33. The molecule has 3 N–H and O–H groups in total. The fourth-order valence-electron chi connectivity index (χ4n) is 2.80. The lowest BCUT2D eigenvalue weighted by molar-refractivity contribution is -0.133. The molecule has 0 spiro atoms. The molecular weight excluding hydrogens is 376 g/mol. The second kappa shape index (κ2) is 7.95. The number of amides is 4. The molecule has 1 aromatic rings. The number of piperazine rings is 1. The topological polar surface area (TPSA) is 90.5 Å². The molecular formula is C20H30N4O3S. The van der Waals surface area contributed by atoms with Gasteiger partial charge >= 0.3 is 6.03 Å². The summed E-state index contributed by atoms with van der Waals surface area (Å²) in [5.74, 6) is -0.445. The summed E-state index contributed by atoms with van der Waals surface area (Å²) >= 11 is 1.38. The summed E-state index contributed by atoms with van der Waals surface area (Å²) in [5, 5.41) is 8.81. The van der Waals surface area contributed by atoms with Crippen LogP contribution in [0.25, 0.3) is 0 Å². The van der Waals surface area contributed by atoms with Crippen LogP contribution in [0.3, 0.4) is 0 Å². The van der Waals surface area contributed by atoms with E-state index in [4.69, 9.17) is 0 Å². The average molecular weight is 407 g/mol. The van der Waals surface area contributed by atoms with Crippen LogP contribution in [-0.2, 0) is 10.2 Å². The van der Waals surface area contributed by atoms with Crippen molar-refractivity contribution < 1.29 is 14.4 Å². The molecule has 8 heteroatoms. The zero-order valence-corrected chi connectivity index (χ0v) is 18.5. The minimum atomic E-state index is -0.958. The Morgan fingerprint density at radius 1 is 1.32 bits per heavy atom. The fraction of sp³-hybridized carbons (Fsp3) is 0.550. The van der Waals surface area contributed by atoms with Gasteiger partial charge in [-0.05, 0) is 39.2 Å². The smallest absolute Gasteiger partial charge is 0.324 e. The number of carbonyl (C=O) groups excluding carboxylic acids is 3. The Hall–Kier alpha value is -2.35.